The predicted molar refractivity (Wildman–Crippen MR) is 178 cm³/mol. The SMILES string of the molecule is COc1ccc(CN(c2nn(C)c3c(-n4c(C(N)Cc5cc(F)cc(F)c5)nc5cc(F)ccc5c4=O)ccc(Cl)c23)S(C)(=O)=O)cc1. The molecule has 2 aromatic heterocycles. The molecule has 2 heterocycles. The van der Waals surface area contributed by atoms with Gasteiger partial charge in [0.1, 0.15) is 29.0 Å². The van der Waals surface area contributed by atoms with E-state index in [1.54, 1.807) is 31.3 Å². The molecule has 0 fully saturated rings. The van der Waals surface area contributed by atoms with Gasteiger partial charge in [-0.05, 0) is 66.1 Å². The second kappa shape index (κ2) is 12.6. The number of hydrogen-bond donors (Lipinski definition) is 1. The number of methoxy groups -OCH3 is 1. The molecule has 2 N–H and O–H groups in total. The summed E-state index contributed by atoms with van der Waals surface area (Å²) in [5.41, 5.74) is 7.27. The van der Waals surface area contributed by atoms with Crippen LogP contribution in [0.4, 0.5) is 19.0 Å². The van der Waals surface area contributed by atoms with Crippen LogP contribution in [0.15, 0.2) is 77.6 Å². The minimum Gasteiger partial charge on any atom is -0.497 e. The van der Waals surface area contributed by atoms with E-state index < -0.39 is 39.1 Å². The number of nitrogens with two attached hydrogens (primary N) is 1. The Morgan fingerprint density at radius 3 is 2.29 bits per heavy atom. The largest absolute Gasteiger partial charge is 0.497 e. The van der Waals surface area contributed by atoms with Gasteiger partial charge in [0.05, 0.1) is 58.5 Å². The van der Waals surface area contributed by atoms with Gasteiger partial charge < -0.3 is 10.5 Å². The third kappa shape index (κ3) is 6.21. The number of fused-ring (bicyclic) bond motifs is 2. The van der Waals surface area contributed by atoms with Crippen molar-refractivity contribution in [3.63, 3.8) is 0 Å². The second-order valence-corrected chi connectivity index (χ2v) is 13.5. The van der Waals surface area contributed by atoms with Crippen LogP contribution in [-0.2, 0) is 30.0 Å². The zero-order valence-electron chi connectivity index (χ0n) is 25.8. The number of benzene rings is 4. The lowest BCUT2D eigenvalue weighted by Gasteiger charge is -2.21. The minimum absolute atomic E-state index is 0.00243. The standard InChI is InChI=1S/C33H28ClF3N6O4S/c1-41-30-28(11-10-25(34)29(30)32(40-41)42(48(3,45)46)17-18-4-7-23(47-2)8-5-18)43-31(26(38)14-19-12-21(36)15-22(37)13-19)39-27-16-20(35)6-9-24(27)33(43)44/h4-13,15-16,26H,14,17,38H2,1-3H3. The van der Waals surface area contributed by atoms with Gasteiger partial charge in [-0.3, -0.25) is 14.0 Å². The number of rotatable bonds is 9. The van der Waals surface area contributed by atoms with E-state index in [1.807, 2.05) is 0 Å². The first-order chi connectivity index (χ1) is 22.7. The van der Waals surface area contributed by atoms with Crippen molar-refractivity contribution in [3.8, 4) is 11.4 Å². The van der Waals surface area contributed by atoms with E-state index in [-0.39, 0.29) is 62.7 Å². The zero-order chi connectivity index (χ0) is 34.5. The van der Waals surface area contributed by atoms with E-state index >= 15 is 0 Å². The van der Waals surface area contributed by atoms with Crippen LogP contribution >= 0.6 is 11.6 Å². The molecule has 0 aliphatic rings. The van der Waals surface area contributed by atoms with Crippen LogP contribution in [0.1, 0.15) is 23.0 Å². The lowest BCUT2D eigenvalue weighted by Crippen LogP contribution is -2.30. The van der Waals surface area contributed by atoms with Gasteiger partial charge in [-0.1, -0.05) is 23.7 Å². The number of hydrogen-bond acceptors (Lipinski definition) is 7. The van der Waals surface area contributed by atoms with Crippen molar-refractivity contribution < 1.29 is 26.3 Å². The first kappa shape index (κ1) is 33.0. The highest BCUT2D eigenvalue weighted by Gasteiger charge is 2.29. The van der Waals surface area contributed by atoms with Crippen LogP contribution in [-0.4, -0.2) is 41.1 Å². The Balaban J connectivity index is 1.58. The van der Waals surface area contributed by atoms with Crippen molar-refractivity contribution >= 4 is 49.2 Å². The minimum atomic E-state index is -3.94. The summed E-state index contributed by atoms with van der Waals surface area (Å²) in [7, 11) is -0.860. The molecule has 0 amide bonds. The lowest BCUT2D eigenvalue weighted by atomic mass is 10.0. The van der Waals surface area contributed by atoms with Gasteiger partial charge in [0, 0.05) is 19.2 Å². The quantitative estimate of drug-likeness (QED) is 0.210. The number of anilines is 1. The van der Waals surface area contributed by atoms with Crippen molar-refractivity contribution in [2.45, 2.75) is 19.0 Å². The highest BCUT2D eigenvalue weighted by atomic mass is 35.5. The Bertz CT molecular complexity index is 2360. The van der Waals surface area contributed by atoms with Crippen molar-refractivity contribution in [3.05, 3.63) is 123 Å². The van der Waals surface area contributed by atoms with E-state index in [4.69, 9.17) is 22.1 Å². The van der Waals surface area contributed by atoms with Crippen LogP contribution in [0.25, 0.3) is 27.5 Å². The van der Waals surface area contributed by atoms with E-state index in [2.05, 4.69) is 10.1 Å². The monoisotopic (exact) mass is 696 g/mol. The summed E-state index contributed by atoms with van der Waals surface area (Å²) in [5.74, 6) is -1.71. The molecule has 1 atom stereocenters. The summed E-state index contributed by atoms with van der Waals surface area (Å²) < 4.78 is 77.7. The Kier molecular flexibility index (Phi) is 8.66. The summed E-state index contributed by atoms with van der Waals surface area (Å²) in [5, 5.41) is 4.97. The number of nitrogens with zero attached hydrogens (tertiary/aromatic N) is 5. The molecule has 15 heteroatoms. The van der Waals surface area contributed by atoms with E-state index in [0.29, 0.717) is 11.3 Å². The molecule has 6 rings (SSSR count). The highest BCUT2D eigenvalue weighted by Crippen LogP contribution is 2.38. The molecule has 0 saturated carbocycles. The summed E-state index contributed by atoms with van der Waals surface area (Å²) in [6.07, 6.45) is 0.900. The first-order valence-corrected chi connectivity index (χ1v) is 16.7. The Labute approximate surface area is 277 Å². The molecule has 6 aromatic rings. The molecule has 4 aromatic carbocycles. The smallest absolute Gasteiger partial charge is 0.266 e. The maximum Gasteiger partial charge on any atom is 0.266 e. The number of aromatic nitrogens is 4. The second-order valence-electron chi connectivity index (χ2n) is 11.2. The zero-order valence-corrected chi connectivity index (χ0v) is 27.4. The Morgan fingerprint density at radius 1 is 0.958 bits per heavy atom. The fourth-order valence-electron chi connectivity index (χ4n) is 5.67. The van der Waals surface area contributed by atoms with Gasteiger partial charge in [0.2, 0.25) is 10.0 Å². The number of ether oxygens (including phenoxy) is 1. The molecule has 1 unspecified atom stereocenters. The molecular formula is C33H28ClF3N6O4S. The Hall–Kier alpha value is -4.92. The van der Waals surface area contributed by atoms with Crippen LogP contribution in [0.2, 0.25) is 5.02 Å². The Morgan fingerprint density at radius 2 is 1.65 bits per heavy atom. The van der Waals surface area contributed by atoms with Gasteiger partial charge in [-0.2, -0.15) is 5.10 Å². The van der Waals surface area contributed by atoms with Crippen LogP contribution < -0.4 is 20.3 Å². The van der Waals surface area contributed by atoms with Gasteiger partial charge in [0.25, 0.3) is 5.56 Å². The molecule has 10 nitrogen and oxygen atoms in total. The fourth-order valence-corrected chi connectivity index (χ4v) is 6.73. The predicted octanol–water partition coefficient (Wildman–Crippen LogP) is 5.56. The first-order valence-electron chi connectivity index (χ1n) is 14.4. The van der Waals surface area contributed by atoms with E-state index in [0.717, 1.165) is 40.9 Å². The number of sulfonamides is 1. The lowest BCUT2D eigenvalue weighted by molar-refractivity contribution is 0.414. The average molecular weight is 697 g/mol. The average Bonchev–Trinajstić information content (AvgIpc) is 3.36. The van der Waals surface area contributed by atoms with E-state index in [1.165, 1.54) is 34.6 Å². The topological polar surface area (TPSA) is 125 Å². The normalized spacial score (nSPS) is 12.5. The fraction of sp³-hybridized carbons (Fsp3) is 0.182. The van der Waals surface area contributed by atoms with Crippen molar-refractivity contribution in [1.82, 2.24) is 19.3 Å². The highest BCUT2D eigenvalue weighted by molar-refractivity contribution is 7.92. The van der Waals surface area contributed by atoms with E-state index in [9.17, 15) is 26.4 Å². The molecule has 48 heavy (non-hydrogen) atoms. The molecule has 0 aliphatic heterocycles. The molecule has 0 aliphatic carbocycles. The summed E-state index contributed by atoms with van der Waals surface area (Å²) in [6.45, 7) is -0.0984. The van der Waals surface area contributed by atoms with Gasteiger partial charge in [-0.15, -0.1) is 0 Å². The molecular weight excluding hydrogens is 669 g/mol. The molecule has 0 bridgehead atoms. The third-order valence-electron chi connectivity index (χ3n) is 7.83. The molecule has 248 valence electrons. The number of aryl methyl sites for hydroxylation is 1. The van der Waals surface area contributed by atoms with Crippen LogP contribution in [0.5, 0.6) is 5.75 Å². The van der Waals surface area contributed by atoms with Crippen molar-refractivity contribution in [1.29, 1.82) is 0 Å². The van der Waals surface area contributed by atoms with Crippen molar-refractivity contribution in [2.75, 3.05) is 17.7 Å². The maximum atomic E-state index is 14.3. The third-order valence-corrected chi connectivity index (χ3v) is 9.25. The van der Waals surface area contributed by atoms with Crippen LogP contribution in [0, 0.1) is 17.5 Å². The summed E-state index contributed by atoms with van der Waals surface area (Å²) in [4.78, 5) is 18.8. The summed E-state index contributed by atoms with van der Waals surface area (Å²) in [6, 6.07) is 15.2. The van der Waals surface area contributed by atoms with Gasteiger partial charge >= 0.3 is 0 Å². The molecule has 0 spiro atoms. The summed E-state index contributed by atoms with van der Waals surface area (Å²) >= 11 is 6.73. The maximum absolute atomic E-state index is 14.3. The molecule has 0 saturated heterocycles. The van der Waals surface area contributed by atoms with Crippen LogP contribution in [0.3, 0.4) is 0 Å². The van der Waals surface area contributed by atoms with Gasteiger partial charge in [-0.25, -0.2) is 30.9 Å². The van der Waals surface area contributed by atoms with Crippen molar-refractivity contribution in [2.24, 2.45) is 12.8 Å². The molecule has 0 radical (unpaired) electrons. The number of halogens is 4. The van der Waals surface area contributed by atoms with Gasteiger partial charge in [0.15, 0.2) is 5.82 Å².